The number of hydrazone groups is 1. The predicted octanol–water partition coefficient (Wildman–Crippen LogP) is 5.15. The molecule has 0 saturated carbocycles. The van der Waals surface area contributed by atoms with Crippen LogP contribution >= 0.6 is 15.9 Å². The average Bonchev–Trinajstić information content (AvgIpc) is 3.22. The van der Waals surface area contributed by atoms with Crippen molar-refractivity contribution in [2.75, 3.05) is 0 Å². The molecule has 6 heteroatoms. The fourth-order valence-corrected chi connectivity index (χ4v) is 3.14. The number of fused-ring (bicyclic) bond motifs is 1. The molecule has 1 amide bonds. The van der Waals surface area contributed by atoms with Crippen LogP contribution in [0.1, 0.15) is 23.0 Å². The second-order valence-corrected chi connectivity index (χ2v) is 7.29. The molecule has 28 heavy (non-hydrogen) atoms. The molecule has 0 unspecified atom stereocenters. The summed E-state index contributed by atoms with van der Waals surface area (Å²) in [6.45, 7) is 1.87. The Labute approximate surface area is 170 Å². The van der Waals surface area contributed by atoms with Gasteiger partial charge in [-0.15, -0.1) is 0 Å². The van der Waals surface area contributed by atoms with Crippen LogP contribution in [0, 0.1) is 0 Å². The summed E-state index contributed by atoms with van der Waals surface area (Å²) in [4.78, 5) is 12.4. The number of nitrogens with zero attached hydrogens (tertiary/aromatic N) is 2. The van der Waals surface area contributed by atoms with Crippen LogP contribution in [0.4, 0.5) is 0 Å². The molecule has 0 fully saturated rings. The Morgan fingerprint density at radius 3 is 2.54 bits per heavy atom. The lowest BCUT2D eigenvalue weighted by Gasteiger charge is -2.04. The molecule has 4 aromatic rings. The maximum absolute atomic E-state index is 12.4. The number of carbonyl (C=O) groups is 1. The van der Waals surface area contributed by atoms with Gasteiger partial charge in [0.15, 0.2) is 0 Å². The number of carbonyl (C=O) groups excluding carboxylic acids is 1. The number of aromatic nitrogens is 2. The van der Waals surface area contributed by atoms with Gasteiger partial charge >= 0.3 is 0 Å². The predicted molar refractivity (Wildman–Crippen MR) is 115 cm³/mol. The normalized spacial score (nSPS) is 11.6. The highest BCUT2D eigenvalue weighted by Gasteiger charge is 2.11. The molecule has 0 aliphatic carbocycles. The zero-order chi connectivity index (χ0) is 19.5. The molecule has 4 rings (SSSR count). The smallest absolute Gasteiger partial charge is 0.272 e. The van der Waals surface area contributed by atoms with Crippen molar-refractivity contribution in [2.45, 2.75) is 6.92 Å². The molecule has 1 heterocycles. The standard InChI is InChI=1S/C22H17BrN4O/c1-14(17-7-6-15-4-2-3-5-18(15)12-17)24-27-22(28)21-13-20(25-26-21)16-8-10-19(23)11-9-16/h2-13H,1H3,(H,25,26)(H,27,28). The molecular weight excluding hydrogens is 416 g/mol. The molecule has 1 aromatic heterocycles. The van der Waals surface area contributed by atoms with Crippen LogP contribution in [0.3, 0.4) is 0 Å². The fraction of sp³-hybridized carbons (Fsp3) is 0.0455. The summed E-state index contributed by atoms with van der Waals surface area (Å²) in [5.41, 5.74) is 6.26. The Balaban J connectivity index is 1.49. The lowest BCUT2D eigenvalue weighted by atomic mass is 10.0. The van der Waals surface area contributed by atoms with Crippen molar-refractivity contribution in [3.63, 3.8) is 0 Å². The fourth-order valence-electron chi connectivity index (χ4n) is 2.88. The third kappa shape index (κ3) is 3.87. The molecule has 3 aromatic carbocycles. The van der Waals surface area contributed by atoms with E-state index >= 15 is 0 Å². The Hall–Kier alpha value is -3.25. The maximum Gasteiger partial charge on any atom is 0.289 e. The number of rotatable bonds is 4. The largest absolute Gasteiger partial charge is 0.289 e. The van der Waals surface area contributed by atoms with Crippen LogP contribution in [-0.4, -0.2) is 21.8 Å². The van der Waals surface area contributed by atoms with E-state index in [-0.39, 0.29) is 5.91 Å². The topological polar surface area (TPSA) is 70.1 Å². The van der Waals surface area contributed by atoms with E-state index in [0.29, 0.717) is 11.4 Å². The minimum atomic E-state index is -0.337. The van der Waals surface area contributed by atoms with E-state index in [1.54, 1.807) is 6.07 Å². The second-order valence-electron chi connectivity index (χ2n) is 6.37. The van der Waals surface area contributed by atoms with Gasteiger partial charge in [0.1, 0.15) is 5.69 Å². The number of hydrogen-bond donors (Lipinski definition) is 2. The van der Waals surface area contributed by atoms with Gasteiger partial charge < -0.3 is 0 Å². The Morgan fingerprint density at radius 2 is 1.75 bits per heavy atom. The van der Waals surface area contributed by atoms with Crippen LogP contribution in [0.5, 0.6) is 0 Å². The first-order valence-electron chi connectivity index (χ1n) is 8.75. The van der Waals surface area contributed by atoms with Crippen LogP contribution in [0.2, 0.25) is 0 Å². The number of H-pyrrole nitrogens is 1. The van der Waals surface area contributed by atoms with Crippen LogP contribution in [0.25, 0.3) is 22.0 Å². The zero-order valence-electron chi connectivity index (χ0n) is 15.1. The van der Waals surface area contributed by atoms with E-state index in [9.17, 15) is 4.79 Å². The van der Waals surface area contributed by atoms with Gasteiger partial charge in [0.05, 0.1) is 11.4 Å². The molecule has 0 radical (unpaired) electrons. The number of aromatic amines is 1. The second kappa shape index (κ2) is 7.78. The average molecular weight is 433 g/mol. The first-order chi connectivity index (χ1) is 13.6. The number of amides is 1. The summed E-state index contributed by atoms with van der Waals surface area (Å²) < 4.78 is 0.989. The third-order valence-electron chi connectivity index (χ3n) is 4.45. The number of nitrogens with one attached hydrogen (secondary N) is 2. The molecule has 0 aliphatic rings. The van der Waals surface area contributed by atoms with Gasteiger partial charge in [-0.1, -0.05) is 64.5 Å². The summed E-state index contributed by atoms with van der Waals surface area (Å²) in [7, 11) is 0. The molecule has 0 aliphatic heterocycles. The van der Waals surface area contributed by atoms with Gasteiger partial charge in [-0.25, -0.2) is 5.43 Å². The highest BCUT2D eigenvalue weighted by atomic mass is 79.9. The zero-order valence-corrected chi connectivity index (χ0v) is 16.7. The number of benzene rings is 3. The molecule has 2 N–H and O–H groups in total. The van der Waals surface area contributed by atoms with Crippen LogP contribution < -0.4 is 5.43 Å². The molecule has 0 saturated heterocycles. The number of halogens is 1. The van der Waals surface area contributed by atoms with Crippen molar-refractivity contribution in [1.29, 1.82) is 0 Å². The van der Waals surface area contributed by atoms with Gasteiger partial charge in [-0.05, 0) is 47.5 Å². The van der Waals surface area contributed by atoms with Crippen molar-refractivity contribution in [2.24, 2.45) is 5.10 Å². The van der Waals surface area contributed by atoms with Gasteiger partial charge in [0.25, 0.3) is 5.91 Å². The van der Waals surface area contributed by atoms with E-state index < -0.39 is 0 Å². The summed E-state index contributed by atoms with van der Waals surface area (Å²) in [6.07, 6.45) is 0. The first-order valence-corrected chi connectivity index (χ1v) is 9.54. The minimum absolute atomic E-state index is 0.337. The maximum atomic E-state index is 12.4. The summed E-state index contributed by atoms with van der Waals surface area (Å²) in [5.74, 6) is -0.337. The quantitative estimate of drug-likeness (QED) is 0.345. The van der Waals surface area contributed by atoms with Gasteiger partial charge in [0.2, 0.25) is 0 Å². The van der Waals surface area contributed by atoms with Crippen molar-refractivity contribution in [1.82, 2.24) is 15.6 Å². The van der Waals surface area contributed by atoms with Crippen molar-refractivity contribution >= 4 is 38.3 Å². The van der Waals surface area contributed by atoms with Crippen LogP contribution in [0.15, 0.2) is 82.4 Å². The lowest BCUT2D eigenvalue weighted by molar-refractivity contribution is 0.0950. The minimum Gasteiger partial charge on any atom is -0.272 e. The first kappa shape index (κ1) is 18.1. The highest BCUT2D eigenvalue weighted by Crippen LogP contribution is 2.20. The van der Waals surface area contributed by atoms with Crippen molar-refractivity contribution in [3.8, 4) is 11.3 Å². The molecule has 0 atom stereocenters. The van der Waals surface area contributed by atoms with E-state index in [2.05, 4.69) is 54.9 Å². The summed E-state index contributed by atoms with van der Waals surface area (Å²) >= 11 is 3.41. The molecular formula is C22H17BrN4O. The SMILES string of the molecule is CC(=NNC(=O)c1cc(-c2ccc(Br)cc2)n[nH]1)c1ccc2ccccc2c1. The molecule has 0 bridgehead atoms. The Bertz CT molecular complexity index is 1180. The molecule has 5 nitrogen and oxygen atoms in total. The van der Waals surface area contributed by atoms with Crippen molar-refractivity contribution < 1.29 is 4.79 Å². The van der Waals surface area contributed by atoms with E-state index in [4.69, 9.17) is 0 Å². The van der Waals surface area contributed by atoms with Crippen molar-refractivity contribution in [3.05, 3.63) is 88.5 Å². The van der Waals surface area contributed by atoms with Gasteiger partial charge in [0, 0.05) is 10.0 Å². The Morgan fingerprint density at radius 1 is 1.00 bits per heavy atom. The van der Waals surface area contributed by atoms with Gasteiger partial charge in [-0.3, -0.25) is 9.89 Å². The Kier molecular flexibility index (Phi) is 5.04. The third-order valence-corrected chi connectivity index (χ3v) is 4.98. The molecule has 0 spiro atoms. The van der Waals surface area contributed by atoms with E-state index in [1.807, 2.05) is 55.5 Å². The molecule has 138 valence electrons. The number of hydrogen-bond acceptors (Lipinski definition) is 3. The van der Waals surface area contributed by atoms with Crippen LogP contribution in [-0.2, 0) is 0 Å². The monoisotopic (exact) mass is 432 g/mol. The highest BCUT2D eigenvalue weighted by molar-refractivity contribution is 9.10. The lowest BCUT2D eigenvalue weighted by Crippen LogP contribution is -2.19. The van der Waals surface area contributed by atoms with E-state index in [1.165, 1.54) is 5.39 Å². The van der Waals surface area contributed by atoms with E-state index in [0.717, 1.165) is 26.7 Å². The summed E-state index contributed by atoms with van der Waals surface area (Å²) in [5, 5.41) is 13.5. The van der Waals surface area contributed by atoms with Gasteiger partial charge in [-0.2, -0.15) is 10.2 Å². The summed E-state index contributed by atoms with van der Waals surface area (Å²) in [6, 6.07) is 23.7.